The molecule has 0 aromatic heterocycles. The Labute approximate surface area is 93.2 Å². The molecule has 0 rings (SSSR count). The SMILES string of the molecule is CCNC(=O)CN(CC)CC(C)(C)CN. The van der Waals surface area contributed by atoms with E-state index in [1.54, 1.807) is 0 Å². The van der Waals surface area contributed by atoms with Crippen LogP contribution in [0.3, 0.4) is 0 Å². The van der Waals surface area contributed by atoms with Gasteiger partial charge in [0.15, 0.2) is 0 Å². The lowest BCUT2D eigenvalue weighted by Gasteiger charge is -2.30. The Kier molecular flexibility index (Phi) is 6.52. The summed E-state index contributed by atoms with van der Waals surface area (Å²) in [5, 5.41) is 2.80. The maximum absolute atomic E-state index is 11.4. The van der Waals surface area contributed by atoms with Gasteiger partial charge in [0.2, 0.25) is 5.91 Å². The van der Waals surface area contributed by atoms with Gasteiger partial charge in [-0.3, -0.25) is 9.69 Å². The van der Waals surface area contributed by atoms with Gasteiger partial charge in [-0.2, -0.15) is 0 Å². The Balaban J connectivity index is 4.08. The number of amides is 1. The molecule has 0 saturated heterocycles. The van der Waals surface area contributed by atoms with Crippen LogP contribution < -0.4 is 11.1 Å². The van der Waals surface area contributed by atoms with Crippen molar-refractivity contribution in [3.63, 3.8) is 0 Å². The van der Waals surface area contributed by atoms with Crippen molar-refractivity contribution < 1.29 is 4.79 Å². The zero-order chi connectivity index (χ0) is 11.9. The molecule has 0 saturated carbocycles. The lowest BCUT2D eigenvalue weighted by Crippen LogP contribution is -2.43. The van der Waals surface area contributed by atoms with Crippen molar-refractivity contribution >= 4 is 5.91 Å². The minimum Gasteiger partial charge on any atom is -0.355 e. The molecule has 0 atom stereocenters. The molecule has 0 aliphatic rings. The molecule has 15 heavy (non-hydrogen) atoms. The predicted molar refractivity (Wildman–Crippen MR) is 63.6 cm³/mol. The van der Waals surface area contributed by atoms with Crippen LogP contribution in [0, 0.1) is 5.41 Å². The van der Waals surface area contributed by atoms with Gasteiger partial charge in [-0.15, -0.1) is 0 Å². The minimum atomic E-state index is 0.0719. The molecule has 1 amide bonds. The fourth-order valence-corrected chi connectivity index (χ4v) is 1.41. The Morgan fingerprint density at radius 2 is 2.00 bits per heavy atom. The summed E-state index contributed by atoms with van der Waals surface area (Å²) in [5.74, 6) is 0.0900. The molecule has 0 spiro atoms. The molecule has 0 unspecified atom stereocenters. The van der Waals surface area contributed by atoms with Crippen molar-refractivity contribution in [3.05, 3.63) is 0 Å². The first-order chi connectivity index (χ1) is 6.95. The van der Waals surface area contributed by atoms with Crippen LogP contribution in [0.4, 0.5) is 0 Å². The molecule has 0 fully saturated rings. The van der Waals surface area contributed by atoms with E-state index in [4.69, 9.17) is 5.73 Å². The molecule has 90 valence electrons. The van der Waals surface area contributed by atoms with Gasteiger partial charge in [0.1, 0.15) is 0 Å². The first-order valence-electron chi connectivity index (χ1n) is 5.64. The summed E-state index contributed by atoms with van der Waals surface area (Å²) in [4.78, 5) is 13.5. The highest BCUT2D eigenvalue weighted by Crippen LogP contribution is 2.14. The van der Waals surface area contributed by atoms with Crippen molar-refractivity contribution in [1.82, 2.24) is 10.2 Å². The van der Waals surface area contributed by atoms with E-state index in [-0.39, 0.29) is 11.3 Å². The number of hydrogen-bond acceptors (Lipinski definition) is 3. The summed E-state index contributed by atoms with van der Waals surface area (Å²) < 4.78 is 0. The van der Waals surface area contributed by atoms with Gasteiger partial charge in [0, 0.05) is 13.1 Å². The van der Waals surface area contributed by atoms with Crippen LogP contribution >= 0.6 is 0 Å². The van der Waals surface area contributed by atoms with Crippen LogP contribution in [-0.4, -0.2) is 43.5 Å². The third-order valence-electron chi connectivity index (χ3n) is 2.39. The van der Waals surface area contributed by atoms with Gasteiger partial charge in [-0.1, -0.05) is 20.8 Å². The number of rotatable bonds is 7. The quantitative estimate of drug-likeness (QED) is 0.647. The second-order valence-corrected chi connectivity index (χ2v) is 4.63. The number of carbonyl (C=O) groups excluding carboxylic acids is 1. The first kappa shape index (κ1) is 14.4. The average molecular weight is 215 g/mol. The maximum atomic E-state index is 11.4. The van der Waals surface area contributed by atoms with E-state index in [1.165, 1.54) is 0 Å². The molecular weight excluding hydrogens is 190 g/mol. The minimum absolute atomic E-state index is 0.0719. The van der Waals surface area contributed by atoms with Crippen LogP contribution in [0.1, 0.15) is 27.7 Å². The van der Waals surface area contributed by atoms with Crippen molar-refractivity contribution in [3.8, 4) is 0 Å². The van der Waals surface area contributed by atoms with E-state index in [9.17, 15) is 4.79 Å². The second kappa shape index (κ2) is 6.80. The van der Waals surface area contributed by atoms with E-state index in [1.807, 2.05) is 6.92 Å². The number of carbonyl (C=O) groups is 1. The molecule has 4 nitrogen and oxygen atoms in total. The zero-order valence-corrected chi connectivity index (χ0v) is 10.5. The second-order valence-electron chi connectivity index (χ2n) is 4.63. The maximum Gasteiger partial charge on any atom is 0.234 e. The Morgan fingerprint density at radius 3 is 2.40 bits per heavy atom. The van der Waals surface area contributed by atoms with Gasteiger partial charge < -0.3 is 11.1 Å². The fourth-order valence-electron chi connectivity index (χ4n) is 1.41. The third-order valence-corrected chi connectivity index (χ3v) is 2.39. The smallest absolute Gasteiger partial charge is 0.234 e. The van der Waals surface area contributed by atoms with E-state index in [0.29, 0.717) is 19.6 Å². The lowest BCUT2D eigenvalue weighted by molar-refractivity contribution is -0.122. The zero-order valence-electron chi connectivity index (χ0n) is 10.5. The molecule has 0 aliphatic heterocycles. The van der Waals surface area contributed by atoms with Crippen molar-refractivity contribution in [2.24, 2.45) is 11.1 Å². The van der Waals surface area contributed by atoms with E-state index in [0.717, 1.165) is 13.1 Å². The number of nitrogens with two attached hydrogens (primary N) is 1. The molecule has 0 heterocycles. The van der Waals surface area contributed by atoms with Crippen LogP contribution in [0.25, 0.3) is 0 Å². The molecule has 0 bridgehead atoms. The first-order valence-corrected chi connectivity index (χ1v) is 5.64. The third kappa shape index (κ3) is 6.47. The average Bonchev–Trinajstić information content (AvgIpc) is 2.17. The molecule has 4 heteroatoms. The highest BCUT2D eigenvalue weighted by molar-refractivity contribution is 5.77. The lowest BCUT2D eigenvalue weighted by atomic mass is 9.93. The predicted octanol–water partition coefficient (Wildman–Crippen LogP) is 0.429. The Bertz CT molecular complexity index is 192. The highest BCUT2D eigenvalue weighted by atomic mass is 16.2. The summed E-state index contributed by atoms with van der Waals surface area (Å²) >= 11 is 0. The van der Waals surface area contributed by atoms with Crippen molar-refractivity contribution in [1.29, 1.82) is 0 Å². The largest absolute Gasteiger partial charge is 0.355 e. The summed E-state index contributed by atoms with van der Waals surface area (Å²) in [6.45, 7) is 11.8. The van der Waals surface area contributed by atoms with Gasteiger partial charge in [-0.25, -0.2) is 0 Å². The molecule has 0 aromatic carbocycles. The van der Waals surface area contributed by atoms with Crippen LogP contribution in [0.5, 0.6) is 0 Å². The number of nitrogens with one attached hydrogen (secondary N) is 1. The standard InChI is InChI=1S/C11H25N3O/c1-5-13-10(15)7-14(6-2)9-11(3,4)8-12/h5-9,12H2,1-4H3,(H,13,15). The van der Waals surface area contributed by atoms with Crippen molar-refractivity contribution in [2.75, 3.05) is 32.7 Å². The van der Waals surface area contributed by atoms with Crippen molar-refractivity contribution in [2.45, 2.75) is 27.7 Å². The number of hydrogen-bond donors (Lipinski definition) is 2. The molecular formula is C11H25N3O. The molecule has 3 N–H and O–H groups in total. The fraction of sp³-hybridized carbons (Fsp3) is 0.909. The summed E-state index contributed by atoms with van der Waals surface area (Å²) in [5.41, 5.74) is 5.74. The summed E-state index contributed by atoms with van der Waals surface area (Å²) in [6.07, 6.45) is 0. The molecule has 0 radical (unpaired) electrons. The van der Waals surface area contributed by atoms with E-state index >= 15 is 0 Å². The van der Waals surface area contributed by atoms with Gasteiger partial charge in [0.25, 0.3) is 0 Å². The molecule has 0 aliphatic carbocycles. The molecule has 0 aromatic rings. The van der Waals surface area contributed by atoms with Crippen LogP contribution in [0.15, 0.2) is 0 Å². The summed E-state index contributed by atoms with van der Waals surface area (Å²) in [6, 6.07) is 0. The Hall–Kier alpha value is -0.610. The monoisotopic (exact) mass is 215 g/mol. The van der Waals surface area contributed by atoms with Gasteiger partial charge in [0.05, 0.1) is 6.54 Å². The van der Waals surface area contributed by atoms with Gasteiger partial charge in [-0.05, 0) is 25.4 Å². The van der Waals surface area contributed by atoms with Crippen LogP contribution in [-0.2, 0) is 4.79 Å². The Morgan fingerprint density at radius 1 is 1.40 bits per heavy atom. The normalized spacial score (nSPS) is 11.9. The summed E-state index contributed by atoms with van der Waals surface area (Å²) in [7, 11) is 0. The number of likely N-dealkylation sites (N-methyl/N-ethyl adjacent to an activating group) is 2. The van der Waals surface area contributed by atoms with Crippen LogP contribution in [0.2, 0.25) is 0 Å². The highest BCUT2D eigenvalue weighted by Gasteiger charge is 2.20. The number of nitrogens with zero attached hydrogens (tertiary/aromatic N) is 1. The topological polar surface area (TPSA) is 58.4 Å². The van der Waals surface area contributed by atoms with E-state index < -0.39 is 0 Å². The van der Waals surface area contributed by atoms with E-state index in [2.05, 4.69) is 31.0 Å². The van der Waals surface area contributed by atoms with Gasteiger partial charge >= 0.3 is 0 Å².